The predicted octanol–water partition coefficient (Wildman–Crippen LogP) is 4.30. The molecule has 3 aromatic heterocycles. The summed E-state index contributed by atoms with van der Waals surface area (Å²) in [5, 5.41) is 8.16. The lowest BCUT2D eigenvalue weighted by atomic mass is 10.1. The Hall–Kier alpha value is -3.06. The molecule has 0 saturated carbocycles. The lowest BCUT2D eigenvalue weighted by Gasteiger charge is -2.22. The Bertz CT molecular complexity index is 1120. The molecule has 0 bridgehead atoms. The van der Waals surface area contributed by atoms with Gasteiger partial charge in [0.1, 0.15) is 11.1 Å². The van der Waals surface area contributed by atoms with Crippen LogP contribution in [0.2, 0.25) is 0 Å². The zero-order chi connectivity index (χ0) is 18.4. The van der Waals surface area contributed by atoms with Crippen molar-refractivity contribution in [2.45, 2.75) is 12.3 Å². The molecule has 0 spiro atoms. The molecule has 6 nitrogen and oxygen atoms in total. The van der Waals surface area contributed by atoms with Gasteiger partial charge < -0.3 is 4.42 Å². The Morgan fingerprint density at radius 2 is 2.07 bits per heavy atom. The van der Waals surface area contributed by atoms with Gasteiger partial charge in [0.15, 0.2) is 11.5 Å². The number of aromatic amines is 1. The van der Waals surface area contributed by atoms with Crippen LogP contribution in [0.15, 0.2) is 59.2 Å². The van der Waals surface area contributed by atoms with E-state index in [0.29, 0.717) is 17.2 Å². The molecule has 4 aromatic rings. The van der Waals surface area contributed by atoms with Crippen LogP contribution in [0, 0.1) is 6.92 Å². The minimum absolute atomic E-state index is 0.0354. The van der Waals surface area contributed by atoms with Gasteiger partial charge in [-0.15, -0.1) is 11.8 Å². The lowest BCUT2D eigenvalue weighted by Crippen LogP contribution is -2.28. The zero-order valence-corrected chi connectivity index (χ0v) is 15.4. The third-order valence-corrected chi connectivity index (χ3v) is 5.82. The zero-order valence-electron chi connectivity index (χ0n) is 14.5. The number of aromatic nitrogens is 3. The van der Waals surface area contributed by atoms with Crippen LogP contribution in [0.25, 0.3) is 22.4 Å². The van der Waals surface area contributed by atoms with Crippen molar-refractivity contribution >= 4 is 34.5 Å². The van der Waals surface area contributed by atoms with Crippen LogP contribution in [-0.4, -0.2) is 26.8 Å². The molecule has 1 amide bonds. The molecule has 7 heteroatoms. The van der Waals surface area contributed by atoms with Gasteiger partial charge in [-0.2, -0.15) is 5.10 Å². The molecule has 5 rings (SSSR count). The van der Waals surface area contributed by atoms with Gasteiger partial charge in [0.2, 0.25) is 5.91 Å². The number of anilines is 1. The Kier molecular flexibility index (Phi) is 3.75. The van der Waals surface area contributed by atoms with E-state index in [2.05, 4.69) is 15.2 Å². The molecule has 134 valence electrons. The number of pyridine rings is 1. The average Bonchev–Trinajstić information content (AvgIpc) is 3.41. The number of carbonyl (C=O) groups is 1. The molecule has 1 aromatic carbocycles. The fraction of sp³-hybridized carbons (Fsp3) is 0.150. The summed E-state index contributed by atoms with van der Waals surface area (Å²) in [7, 11) is 0. The summed E-state index contributed by atoms with van der Waals surface area (Å²) < 4.78 is 5.63. The van der Waals surface area contributed by atoms with Gasteiger partial charge in [-0.3, -0.25) is 14.8 Å². The Labute approximate surface area is 159 Å². The van der Waals surface area contributed by atoms with Crippen molar-refractivity contribution in [2.24, 2.45) is 0 Å². The monoisotopic (exact) mass is 376 g/mol. The molecule has 1 aliphatic rings. The van der Waals surface area contributed by atoms with E-state index in [-0.39, 0.29) is 11.3 Å². The highest BCUT2D eigenvalue weighted by Gasteiger charge is 2.37. The van der Waals surface area contributed by atoms with Gasteiger partial charge in [-0.25, -0.2) is 4.98 Å². The molecule has 1 aliphatic heterocycles. The summed E-state index contributed by atoms with van der Waals surface area (Å²) in [6, 6.07) is 15.7. The fourth-order valence-corrected chi connectivity index (χ4v) is 4.62. The van der Waals surface area contributed by atoms with Crippen LogP contribution in [0.3, 0.4) is 0 Å². The molecular weight excluding hydrogens is 360 g/mol. The molecule has 1 fully saturated rings. The van der Waals surface area contributed by atoms with Crippen molar-refractivity contribution in [1.29, 1.82) is 0 Å². The number of fused-ring (bicyclic) bond motifs is 1. The van der Waals surface area contributed by atoms with Gasteiger partial charge in [0, 0.05) is 11.3 Å². The van der Waals surface area contributed by atoms with Crippen LogP contribution in [-0.2, 0) is 4.79 Å². The van der Waals surface area contributed by atoms with Gasteiger partial charge in [-0.05, 0) is 30.7 Å². The molecule has 1 unspecified atom stereocenters. The molecule has 1 N–H and O–H groups in total. The molecule has 0 radical (unpaired) electrons. The Balaban J connectivity index is 1.72. The first-order chi connectivity index (χ1) is 13.2. The summed E-state index contributed by atoms with van der Waals surface area (Å²) in [6.07, 6.45) is 1.64. The summed E-state index contributed by atoms with van der Waals surface area (Å²) >= 11 is 1.60. The van der Waals surface area contributed by atoms with Gasteiger partial charge in [0.25, 0.3) is 0 Å². The van der Waals surface area contributed by atoms with E-state index in [1.165, 1.54) is 0 Å². The number of amides is 1. The third kappa shape index (κ3) is 2.62. The fourth-order valence-electron chi connectivity index (χ4n) is 3.46. The second-order valence-corrected chi connectivity index (χ2v) is 7.47. The van der Waals surface area contributed by atoms with Crippen molar-refractivity contribution in [3.8, 4) is 11.3 Å². The molecule has 1 saturated heterocycles. The van der Waals surface area contributed by atoms with E-state index in [0.717, 1.165) is 28.0 Å². The number of nitrogens with one attached hydrogen (secondary N) is 1. The van der Waals surface area contributed by atoms with Crippen LogP contribution in [0.4, 0.5) is 5.82 Å². The number of H-pyrrole nitrogens is 1. The summed E-state index contributed by atoms with van der Waals surface area (Å²) in [6.45, 7) is 1.93. The molecule has 1 atom stereocenters. The molecule has 4 heterocycles. The maximum Gasteiger partial charge on any atom is 0.239 e. The number of benzene rings is 1. The number of rotatable bonds is 3. The smallest absolute Gasteiger partial charge is 0.239 e. The number of aryl methyl sites for hydroxylation is 1. The Morgan fingerprint density at radius 3 is 2.85 bits per heavy atom. The van der Waals surface area contributed by atoms with Gasteiger partial charge >= 0.3 is 0 Å². The highest BCUT2D eigenvalue weighted by molar-refractivity contribution is 8.00. The van der Waals surface area contributed by atoms with Crippen molar-refractivity contribution in [2.75, 3.05) is 10.7 Å². The summed E-state index contributed by atoms with van der Waals surface area (Å²) in [4.78, 5) is 19.1. The van der Waals surface area contributed by atoms with Crippen molar-refractivity contribution < 1.29 is 9.21 Å². The quantitative estimate of drug-likeness (QED) is 0.577. The first kappa shape index (κ1) is 16.1. The van der Waals surface area contributed by atoms with Gasteiger partial charge in [0.05, 0.1) is 17.4 Å². The SMILES string of the molecule is Cc1cc(-c2ccco2)c2c(N3C(=O)CSC3c3ccccc3)n[nH]c2n1. The minimum atomic E-state index is -0.115. The number of furan rings is 1. The van der Waals surface area contributed by atoms with Crippen LogP contribution >= 0.6 is 11.8 Å². The first-order valence-electron chi connectivity index (χ1n) is 8.60. The molecule has 0 aliphatic carbocycles. The van der Waals surface area contributed by atoms with Crippen LogP contribution in [0.5, 0.6) is 0 Å². The maximum atomic E-state index is 12.8. The predicted molar refractivity (Wildman–Crippen MR) is 105 cm³/mol. The van der Waals surface area contributed by atoms with Crippen molar-refractivity contribution in [3.63, 3.8) is 0 Å². The lowest BCUT2D eigenvalue weighted by molar-refractivity contribution is -0.115. The van der Waals surface area contributed by atoms with Crippen LogP contribution < -0.4 is 4.90 Å². The Morgan fingerprint density at radius 1 is 1.22 bits per heavy atom. The number of hydrogen-bond donors (Lipinski definition) is 1. The second kappa shape index (κ2) is 6.28. The highest BCUT2D eigenvalue weighted by atomic mass is 32.2. The van der Waals surface area contributed by atoms with E-state index in [1.807, 2.05) is 55.5 Å². The van der Waals surface area contributed by atoms with Crippen molar-refractivity contribution in [3.05, 3.63) is 66.1 Å². The molecule has 27 heavy (non-hydrogen) atoms. The van der Waals surface area contributed by atoms with E-state index < -0.39 is 0 Å². The maximum absolute atomic E-state index is 12.8. The van der Waals surface area contributed by atoms with E-state index >= 15 is 0 Å². The van der Waals surface area contributed by atoms with E-state index in [4.69, 9.17) is 4.42 Å². The minimum Gasteiger partial charge on any atom is -0.464 e. The topological polar surface area (TPSA) is 75.0 Å². The second-order valence-electron chi connectivity index (χ2n) is 6.40. The first-order valence-corrected chi connectivity index (χ1v) is 9.65. The largest absolute Gasteiger partial charge is 0.464 e. The normalized spacial score (nSPS) is 17.1. The van der Waals surface area contributed by atoms with Crippen LogP contribution in [0.1, 0.15) is 16.6 Å². The third-order valence-electron chi connectivity index (χ3n) is 4.61. The number of carbonyl (C=O) groups excluding carboxylic acids is 1. The van der Waals surface area contributed by atoms with E-state index in [1.54, 1.807) is 22.9 Å². The number of nitrogens with zero attached hydrogens (tertiary/aromatic N) is 3. The van der Waals surface area contributed by atoms with E-state index in [9.17, 15) is 4.79 Å². The highest BCUT2D eigenvalue weighted by Crippen LogP contribution is 2.44. The summed E-state index contributed by atoms with van der Waals surface area (Å²) in [5.74, 6) is 1.77. The van der Waals surface area contributed by atoms with Crippen molar-refractivity contribution in [1.82, 2.24) is 15.2 Å². The van der Waals surface area contributed by atoms with Gasteiger partial charge in [-0.1, -0.05) is 30.3 Å². The number of thioether (sulfide) groups is 1. The summed E-state index contributed by atoms with van der Waals surface area (Å²) in [5.41, 5.74) is 3.45. The standard InChI is InChI=1S/C20H16N4O2S/c1-12-10-14(15-8-5-9-26-15)17-18(21-12)22-23-19(17)24-16(25)11-27-20(24)13-6-3-2-4-7-13/h2-10,20H,11H2,1H3,(H,21,22,23). The average molecular weight is 376 g/mol. The number of hydrogen-bond acceptors (Lipinski definition) is 5. The molecular formula is C20H16N4O2S.